The van der Waals surface area contributed by atoms with Gasteiger partial charge in [-0.25, -0.2) is 4.99 Å². The number of carbonyl (C=O) groups is 1. The van der Waals surface area contributed by atoms with Gasteiger partial charge in [0.15, 0.2) is 0 Å². The zero-order chi connectivity index (χ0) is 16.6. The second-order valence-electron chi connectivity index (χ2n) is 5.18. The molecule has 122 valence electrons. The Hall–Kier alpha value is -1.32. The number of amides is 1. The first kappa shape index (κ1) is 18.7. The van der Waals surface area contributed by atoms with Crippen LogP contribution in [0.25, 0.3) is 0 Å². The summed E-state index contributed by atoms with van der Waals surface area (Å²) in [5.74, 6) is 5.85. The second-order valence-corrected chi connectivity index (χ2v) is 6.09. The molecule has 6 heteroatoms. The number of nitrogens with zero attached hydrogens (tertiary/aromatic N) is 1. The van der Waals surface area contributed by atoms with E-state index in [-0.39, 0.29) is 0 Å². The third-order valence-electron chi connectivity index (χ3n) is 3.28. The van der Waals surface area contributed by atoms with E-state index >= 15 is 0 Å². The largest absolute Gasteiger partial charge is 0.481 e. The molecule has 22 heavy (non-hydrogen) atoms. The van der Waals surface area contributed by atoms with Gasteiger partial charge in [0.2, 0.25) is 5.88 Å². The van der Waals surface area contributed by atoms with Crippen LogP contribution < -0.4 is 5.32 Å². The van der Waals surface area contributed by atoms with E-state index in [1.165, 1.54) is 7.11 Å². The molecule has 1 unspecified atom stereocenters. The van der Waals surface area contributed by atoms with E-state index in [2.05, 4.69) is 38.1 Å². The minimum Gasteiger partial charge on any atom is -0.481 e. The van der Waals surface area contributed by atoms with Gasteiger partial charge in [0.25, 0.3) is 5.91 Å². The Morgan fingerprint density at radius 2 is 2.18 bits per heavy atom. The maximum absolute atomic E-state index is 12.4. The van der Waals surface area contributed by atoms with Crippen LogP contribution >= 0.6 is 15.9 Å². The Morgan fingerprint density at radius 1 is 1.55 bits per heavy atom. The van der Waals surface area contributed by atoms with Crippen molar-refractivity contribution in [1.82, 2.24) is 5.32 Å². The van der Waals surface area contributed by atoms with E-state index in [0.717, 1.165) is 12.8 Å². The highest BCUT2D eigenvalue weighted by Gasteiger charge is 2.34. The highest BCUT2D eigenvalue weighted by atomic mass is 79.9. The first-order chi connectivity index (χ1) is 10.4. The third-order valence-corrected chi connectivity index (χ3v) is 3.74. The fourth-order valence-electron chi connectivity index (χ4n) is 2.26. The summed E-state index contributed by atoms with van der Waals surface area (Å²) in [6, 6.07) is -0.535. The fourth-order valence-corrected chi connectivity index (χ4v) is 2.58. The molecule has 0 radical (unpaired) electrons. The van der Waals surface area contributed by atoms with E-state index in [1.54, 1.807) is 6.08 Å². The molecule has 1 aliphatic rings. The van der Waals surface area contributed by atoms with Crippen molar-refractivity contribution < 1.29 is 14.6 Å². The summed E-state index contributed by atoms with van der Waals surface area (Å²) in [7, 11) is 1.51. The molecule has 1 rings (SSSR count). The topological polar surface area (TPSA) is 70.9 Å². The first-order valence-corrected chi connectivity index (χ1v) is 8.25. The van der Waals surface area contributed by atoms with Crippen LogP contribution in [0.3, 0.4) is 0 Å². The quantitative estimate of drug-likeness (QED) is 0.676. The minimum absolute atomic E-state index is 0.376. The molecular formula is C16H23BrN2O3. The van der Waals surface area contributed by atoms with E-state index in [1.807, 2.05) is 13.8 Å². The maximum atomic E-state index is 12.4. The smallest absolute Gasteiger partial charge is 0.253 e. The molecule has 0 aromatic carbocycles. The normalized spacial score (nSPS) is 18.1. The SMILES string of the molecule is CCCC(O)(CCC)C(=O)NC1C#CCC(Br)=NC(OC)=C1. The number of carbonyl (C=O) groups excluding carboxylic acids is 1. The Balaban J connectivity index is 2.90. The standard InChI is InChI=1S/C16H23BrN2O3/c1-4-9-16(21,10-5-2)15(20)18-12-7-6-8-13(17)19-14(11-12)22-3/h11-12,21H,4-5,8-10H2,1-3H3,(H,18,20). The summed E-state index contributed by atoms with van der Waals surface area (Å²) in [6.45, 7) is 3.89. The molecule has 0 bridgehead atoms. The number of aliphatic imine (C=N–C) groups is 1. The maximum Gasteiger partial charge on any atom is 0.253 e. The van der Waals surface area contributed by atoms with Gasteiger partial charge in [0.1, 0.15) is 11.6 Å². The van der Waals surface area contributed by atoms with Crippen molar-refractivity contribution in [3.8, 4) is 11.8 Å². The fraction of sp³-hybridized carbons (Fsp3) is 0.625. The molecule has 0 aromatic heterocycles. The molecule has 1 amide bonds. The van der Waals surface area contributed by atoms with Crippen LogP contribution in [0.5, 0.6) is 0 Å². The van der Waals surface area contributed by atoms with Gasteiger partial charge in [-0.15, -0.1) is 0 Å². The van der Waals surface area contributed by atoms with Crippen molar-refractivity contribution in [2.45, 2.75) is 57.6 Å². The van der Waals surface area contributed by atoms with Crippen molar-refractivity contribution in [1.29, 1.82) is 0 Å². The predicted octanol–water partition coefficient (Wildman–Crippen LogP) is 2.49. The number of rotatable bonds is 7. The lowest BCUT2D eigenvalue weighted by molar-refractivity contribution is -0.141. The van der Waals surface area contributed by atoms with Crippen LogP contribution in [-0.4, -0.2) is 34.4 Å². The van der Waals surface area contributed by atoms with E-state index < -0.39 is 17.6 Å². The van der Waals surface area contributed by atoms with E-state index in [9.17, 15) is 9.90 Å². The third kappa shape index (κ3) is 5.47. The van der Waals surface area contributed by atoms with E-state index in [4.69, 9.17) is 4.74 Å². The number of hydrogen-bond acceptors (Lipinski definition) is 4. The molecule has 0 spiro atoms. The molecule has 1 aliphatic heterocycles. The molecule has 0 saturated carbocycles. The van der Waals surface area contributed by atoms with Crippen molar-refractivity contribution in [2.24, 2.45) is 4.99 Å². The lowest BCUT2D eigenvalue weighted by Crippen LogP contribution is -2.49. The van der Waals surface area contributed by atoms with Crippen LogP contribution in [0.2, 0.25) is 0 Å². The number of methoxy groups -OCH3 is 1. The second kappa shape index (κ2) is 8.96. The van der Waals surface area contributed by atoms with Crippen LogP contribution in [0, 0.1) is 11.8 Å². The molecule has 0 saturated heterocycles. The minimum atomic E-state index is -1.35. The Labute approximate surface area is 140 Å². The highest BCUT2D eigenvalue weighted by Crippen LogP contribution is 2.20. The first-order valence-electron chi connectivity index (χ1n) is 7.45. The number of aliphatic hydroxyl groups is 1. The molecule has 5 nitrogen and oxygen atoms in total. The number of halogens is 1. The van der Waals surface area contributed by atoms with Gasteiger partial charge in [-0.3, -0.25) is 4.79 Å². The van der Waals surface area contributed by atoms with Crippen molar-refractivity contribution in [3.63, 3.8) is 0 Å². The van der Waals surface area contributed by atoms with Gasteiger partial charge in [0.05, 0.1) is 18.2 Å². The summed E-state index contributed by atoms with van der Waals surface area (Å²) in [5, 5.41) is 13.3. The molecule has 0 aliphatic carbocycles. The average Bonchev–Trinajstić information content (AvgIpc) is 2.44. The molecule has 1 heterocycles. The lowest BCUT2D eigenvalue weighted by Gasteiger charge is -2.27. The molecule has 0 aromatic rings. The summed E-state index contributed by atoms with van der Waals surface area (Å²) >= 11 is 3.30. The summed E-state index contributed by atoms with van der Waals surface area (Å²) < 4.78 is 5.82. The zero-order valence-electron chi connectivity index (χ0n) is 13.3. The Kier molecular flexibility index (Phi) is 7.63. The van der Waals surface area contributed by atoms with Crippen molar-refractivity contribution >= 4 is 26.5 Å². The van der Waals surface area contributed by atoms with E-state index in [0.29, 0.717) is 29.8 Å². The van der Waals surface area contributed by atoms with Gasteiger partial charge < -0.3 is 15.2 Å². The summed E-state index contributed by atoms with van der Waals surface area (Å²) in [4.78, 5) is 16.6. The van der Waals surface area contributed by atoms with Crippen LogP contribution in [0.1, 0.15) is 46.0 Å². The lowest BCUT2D eigenvalue weighted by atomic mass is 9.91. The zero-order valence-corrected chi connectivity index (χ0v) is 14.9. The van der Waals surface area contributed by atoms with Crippen molar-refractivity contribution in [3.05, 3.63) is 12.0 Å². The molecular weight excluding hydrogens is 348 g/mol. The Morgan fingerprint density at radius 3 is 2.73 bits per heavy atom. The van der Waals surface area contributed by atoms with Gasteiger partial charge >= 0.3 is 0 Å². The number of hydrogen-bond donors (Lipinski definition) is 2. The summed E-state index contributed by atoms with van der Waals surface area (Å²) in [5.41, 5.74) is -1.35. The average molecular weight is 371 g/mol. The number of nitrogens with one attached hydrogen (secondary N) is 1. The highest BCUT2D eigenvalue weighted by molar-refractivity contribution is 9.18. The molecule has 2 N–H and O–H groups in total. The molecule has 1 atom stereocenters. The van der Waals surface area contributed by atoms with Crippen LogP contribution in [0.4, 0.5) is 0 Å². The Bertz CT molecular complexity index is 511. The number of ether oxygens (including phenoxy) is 1. The molecule has 0 fully saturated rings. The van der Waals surface area contributed by atoms with Gasteiger partial charge in [0, 0.05) is 6.08 Å². The van der Waals surface area contributed by atoms with Crippen molar-refractivity contribution in [2.75, 3.05) is 7.11 Å². The van der Waals surface area contributed by atoms with Crippen LogP contribution in [0.15, 0.2) is 17.0 Å². The van der Waals surface area contributed by atoms with Gasteiger partial charge in [-0.1, -0.05) is 38.5 Å². The van der Waals surface area contributed by atoms with Gasteiger partial charge in [-0.2, -0.15) is 0 Å². The summed E-state index contributed by atoms with van der Waals surface area (Å²) in [6.07, 6.45) is 4.40. The van der Waals surface area contributed by atoms with Crippen LogP contribution in [-0.2, 0) is 9.53 Å². The van der Waals surface area contributed by atoms with Gasteiger partial charge in [-0.05, 0) is 28.8 Å². The predicted molar refractivity (Wildman–Crippen MR) is 90.5 cm³/mol. The monoisotopic (exact) mass is 370 g/mol.